The van der Waals surface area contributed by atoms with Crippen molar-refractivity contribution in [1.82, 2.24) is 9.97 Å². The Morgan fingerprint density at radius 3 is 2.79 bits per heavy atom. The second kappa shape index (κ2) is 7.39. The zero-order chi connectivity index (χ0) is 17.1. The lowest BCUT2D eigenvalue weighted by molar-refractivity contribution is 0.592. The van der Waals surface area contributed by atoms with Crippen LogP contribution in [0.5, 0.6) is 0 Å². The number of hydrogen-bond donors (Lipinski definition) is 1. The van der Waals surface area contributed by atoms with Gasteiger partial charge in [0, 0.05) is 23.3 Å². The number of benzene rings is 1. The van der Waals surface area contributed by atoms with Crippen LogP contribution >= 0.6 is 11.6 Å². The Morgan fingerprint density at radius 2 is 2.04 bits per heavy atom. The lowest BCUT2D eigenvalue weighted by Crippen LogP contribution is -2.30. The van der Waals surface area contributed by atoms with Gasteiger partial charge in [-0.3, -0.25) is 0 Å². The Labute approximate surface area is 149 Å². The molecule has 1 aliphatic rings. The lowest BCUT2D eigenvalue weighted by atomic mass is 9.94. The van der Waals surface area contributed by atoms with Gasteiger partial charge in [-0.25, -0.2) is 4.98 Å². The van der Waals surface area contributed by atoms with Crippen LogP contribution in [0.2, 0.25) is 5.02 Å². The Bertz CT molecular complexity index is 696. The summed E-state index contributed by atoms with van der Waals surface area (Å²) in [4.78, 5) is 11.1. The number of rotatable bonds is 3. The third kappa shape index (κ3) is 3.64. The fourth-order valence-corrected chi connectivity index (χ4v) is 3.83. The van der Waals surface area contributed by atoms with Gasteiger partial charge >= 0.3 is 0 Å². The summed E-state index contributed by atoms with van der Waals surface area (Å²) in [6, 6.07) is 8.63. The topological polar surface area (TPSA) is 55.0 Å². The van der Waals surface area contributed by atoms with Gasteiger partial charge in [0.05, 0.1) is 6.04 Å². The van der Waals surface area contributed by atoms with Gasteiger partial charge in [-0.1, -0.05) is 37.4 Å². The van der Waals surface area contributed by atoms with Crippen LogP contribution in [0.4, 0.5) is 11.8 Å². The molecule has 24 heavy (non-hydrogen) atoms. The molecule has 0 spiro atoms. The maximum atomic E-state index is 6.21. The molecular weight excluding hydrogens is 320 g/mol. The summed E-state index contributed by atoms with van der Waals surface area (Å²) in [7, 11) is 0. The van der Waals surface area contributed by atoms with Crippen molar-refractivity contribution in [3.63, 3.8) is 0 Å². The van der Waals surface area contributed by atoms with Gasteiger partial charge in [-0.05, 0) is 49.4 Å². The first-order chi connectivity index (χ1) is 11.6. The molecule has 1 aromatic carbocycles. The average molecular weight is 345 g/mol. The van der Waals surface area contributed by atoms with Gasteiger partial charge in [0.15, 0.2) is 0 Å². The summed E-state index contributed by atoms with van der Waals surface area (Å²) in [5.74, 6) is 1.28. The summed E-state index contributed by atoms with van der Waals surface area (Å²) in [6.45, 7) is 5.14. The van der Waals surface area contributed by atoms with Crippen molar-refractivity contribution >= 4 is 23.4 Å². The number of hydrogen-bond acceptors (Lipinski definition) is 4. The van der Waals surface area contributed by atoms with Crippen LogP contribution in [0, 0.1) is 6.92 Å². The van der Waals surface area contributed by atoms with E-state index in [1.165, 1.54) is 30.4 Å². The zero-order valence-corrected chi connectivity index (χ0v) is 15.2. The molecule has 0 bridgehead atoms. The fraction of sp³-hybridized carbons (Fsp3) is 0.474. The van der Waals surface area contributed by atoms with E-state index < -0.39 is 0 Å². The predicted molar refractivity (Wildman–Crippen MR) is 101 cm³/mol. The lowest BCUT2D eigenvalue weighted by Gasteiger charge is -2.33. The maximum absolute atomic E-state index is 6.21. The fourth-order valence-electron chi connectivity index (χ4n) is 3.63. The number of nitrogens with zero attached hydrogens (tertiary/aromatic N) is 3. The molecule has 0 amide bonds. The third-order valence-electron chi connectivity index (χ3n) is 4.75. The van der Waals surface area contributed by atoms with Crippen molar-refractivity contribution in [3.05, 3.63) is 46.1 Å². The smallest absolute Gasteiger partial charge is 0.222 e. The van der Waals surface area contributed by atoms with Gasteiger partial charge in [-0.2, -0.15) is 4.98 Å². The number of nitrogen functional groups attached to an aromatic ring is 1. The molecule has 5 heteroatoms. The highest BCUT2D eigenvalue weighted by atomic mass is 35.5. The predicted octanol–water partition coefficient (Wildman–Crippen LogP) is 4.70. The molecule has 1 fully saturated rings. The molecule has 1 saturated heterocycles. The van der Waals surface area contributed by atoms with Crippen molar-refractivity contribution < 1.29 is 0 Å². The molecule has 2 heterocycles. The monoisotopic (exact) mass is 344 g/mol. The van der Waals surface area contributed by atoms with Crippen LogP contribution < -0.4 is 10.6 Å². The number of halogens is 1. The van der Waals surface area contributed by atoms with E-state index in [-0.39, 0.29) is 0 Å². The van der Waals surface area contributed by atoms with Crippen LogP contribution in [0.15, 0.2) is 24.3 Å². The summed E-state index contributed by atoms with van der Waals surface area (Å²) in [5, 5.41) is 0.804. The van der Waals surface area contributed by atoms with E-state index in [4.69, 9.17) is 17.3 Å². The highest BCUT2D eigenvalue weighted by Crippen LogP contribution is 2.36. The quantitative estimate of drug-likeness (QED) is 0.876. The molecule has 3 rings (SSSR count). The Kier molecular flexibility index (Phi) is 5.24. The van der Waals surface area contributed by atoms with Crippen LogP contribution in [0.25, 0.3) is 0 Å². The third-order valence-corrected chi connectivity index (χ3v) is 4.99. The molecule has 0 saturated carbocycles. The number of anilines is 2. The van der Waals surface area contributed by atoms with Crippen molar-refractivity contribution in [2.75, 3.05) is 17.2 Å². The summed E-state index contributed by atoms with van der Waals surface area (Å²) in [6.07, 6.45) is 5.76. The largest absolute Gasteiger partial charge is 0.368 e. The molecule has 0 aliphatic carbocycles. The average Bonchev–Trinajstić information content (AvgIpc) is 2.79. The maximum Gasteiger partial charge on any atom is 0.222 e. The molecule has 0 radical (unpaired) electrons. The molecule has 1 unspecified atom stereocenters. The van der Waals surface area contributed by atoms with Crippen molar-refractivity contribution in [1.29, 1.82) is 0 Å². The Hall–Kier alpha value is -1.81. The van der Waals surface area contributed by atoms with Crippen LogP contribution in [0.3, 0.4) is 0 Å². The van der Waals surface area contributed by atoms with Crippen LogP contribution in [-0.2, 0) is 6.42 Å². The van der Waals surface area contributed by atoms with Crippen molar-refractivity contribution in [2.24, 2.45) is 0 Å². The molecule has 1 aromatic heterocycles. The van der Waals surface area contributed by atoms with Gasteiger partial charge in [0.1, 0.15) is 5.82 Å². The molecule has 1 atom stereocenters. The van der Waals surface area contributed by atoms with Gasteiger partial charge in [0.2, 0.25) is 5.95 Å². The second-order valence-electron chi connectivity index (χ2n) is 6.48. The number of aromatic nitrogens is 2. The van der Waals surface area contributed by atoms with E-state index in [0.717, 1.165) is 35.9 Å². The van der Waals surface area contributed by atoms with Crippen molar-refractivity contribution in [3.8, 4) is 0 Å². The van der Waals surface area contributed by atoms with Crippen molar-refractivity contribution in [2.45, 2.75) is 52.0 Å². The molecule has 2 N–H and O–H groups in total. The molecule has 2 aromatic rings. The van der Waals surface area contributed by atoms with Gasteiger partial charge in [-0.15, -0.1) is 0 Å². The highest BCUT2D eigenvalue weighted by molar-refractivity contribution is 6.30. The standard InChI is InChI=1S/C19H25ClN4/c1-3-14-12-15(20)8-9-16(14)17-7-5-4-6-10-24(17)18-11-13(2)22-19(21)23-18/h8-9,11-12,17H,3-7,10H2,1-2H3,(H2,21,22,23). The number of nitrogens with two attached hydrogens (primary N) is 1. The molecule has 128 valence electrons. The highest BCUT2D eigenvalue weighted by Gasteiger charge is 2.26. The molecular formula is C19H25ClN4. The minimum absolute atomic E-state index is 0.313. The van der Waals surface area contributed by atoms with E-state index in [0.29, 0.717) is 12.0 Å². The Balaban J connectivity index is 2.05. The minimum Gasteiger partial charge on any atom is -0.368 e. The molecule has 4 nitrogen and oxygen atoms in total. The minimum atomic E-state index is 0.313. The number of aryl methyl sites for hydroxylation is 2. The van der Waals surface area contributed by atoms with E-state index in [1.54, 1.807) is 0 Å². The Morgan fingerprint density at radius 1 is 1.21 bits per heavy atom. The summed E-state index contributed by atoms with van der Waals surface area (Å²) in [5.41, 5.74) is 9.49. The van der Waals surface area contributed by atoms with E-state index >= 15 is 0 Å². The van der Waals surface area contributed by atoms with Gasteiger partial charge < -0.3 is 10.6 Å². The van der Waals surface area contributed by atoms with Gasteiger partial charge in [0.25, 0.3) is 0 Å². The van der Waals surface area contributed by atoms with Crippen LogP contribution in [0.1, 0.15) is 55.5 Å². The second-order valence-corrected chi connectivity index (χ2v) is 6.92. The first-order valence-corrected chi connectivity index (χ1v) is 9.12. The zero-order valence-electron chi connectivity index (χ0n) is 14.4. The summed E-state index contributed by atoms with van der Waals surface area (Å²) >= 11 is 6.21. The summed E-state index contributed by atoms with van der Waals surface area (Å²) < 4.78 is 0. The first-order valence-electron chi connectivity index (χ1n) is 8.74. The normalized spacial score (nSPS) is 18.5. The van der Waals surface area contributed by atoms with E-state index in [1.807, 2.05) is 19.1 Å². The molecule has 1 aliphatic heterocycles. The SMILES string of the molecule is CCc1cc(Cl)ccc1C1CCCCCN1c1cc(C)nc(N)n1. The van der Waals surface area contributed by atoms with E-state index in [9.17, 15) is 0 Å². The first kappa shape index (κ1) is 17.0. The van der Waals surface area contributed by atoms with Crippen LogP contribution in [-0.4, -0.2) is 16.5 Å². The van der Waals surface area contributed by atoms with E-state index in [2.05, 4.69) is 33.9 Å².